The van der Waals surface area contributed by atoms with Gasteiger partial charge in [0, 0.05) is 6.07 Å². The van der Waals surface area contributed by atoms with Crippen LogP contribution in [0.2, 0.25) is 0 Å². The molecule has 1 atom stereocenters. The van der Waals surface area contributed by atoms with E-state index in [1.54, 1.807) is 7.11 Å². The summed E-state index contributed by atoms with van der Waals surface area (Å²) in [5, 5.41) is 0. The molecule has 16 heavy (non-hydrogen) atoms. The van der Waals surface area contributed by atoms with Crippen LogP contribution in [-0.4, -0.2) is 13.2 Å². The molecule has 0 aliphatic carbocycles. The van der Waals surface area contributed by atoms with Crippen molar-refractivity contribution in [3.8, 4) is 11.5 Å². The van der Waals surface area contributed by atoms with Gasteiger partial charge in [-0.15, -0.1) is 0 Å². The molecule has 0 radical (unpaired) electrons. The van der Waals surface area contributed by atoms with E-state index < -0.39 is 0 Å². The van der Waals surface area contributed by atoms with Crippen molar-refractivity contribution < 1.29 is 9.47 Å². The third-order valence-corrected chi connectivity index (χ3v) is 2.28. The second kappa shape index (κ2) is 5.24. The highest BCUT2D eigenvalue weighted by molar-refractivity contribution is 5.32. The van der Waals surface area contributed by atoms with Crippen molar-refractivity contribution in [2.24, 2.45) is 5.41 Å². The molecule has 0 bridgehead atoms. The summed E-state index contributed by atoms with van der Waals surface area (Å²) in [6.07, 6.45) is 1.25. The maximum Gasteiger partial charge on any atom is 0.123 e. The fourth-order valence-electron chi connectivity index (χ4n) is 1.81. The minimum atomic E-state index is 0.215. The monoisotopic (exact) mass is 222 g/mol. The zero-order valence-electron chi connectivity index (χ0n) is 10.9. The van der Waals surface area contributed by atoms with Crippen LogP contribution in [0.15, 0.2) is 24.3 Å². The van der Waals surface area contributed by atoms with E-state index in [4.69, 9.17) is 9.47 Å². The number of rotatable bonds is 4. The van der Waals surface area contributed by atoms with E-state index in [9.17, 15) is 0 Å². The first-order valence-electron chi connectivity index (χ1n) is 5.71. The van der Waals surface area contributed by atoms with Gasteiger partial charge in [-0.05, 0) is 30.9 Å². The normalized spacial score (nSPS) is 13.3. The lowest BCUT2D eigenvalue weighted by Gasteiger charge is -2.24. The molecule has 0 aliphatic heterocycles. The van der Waals surface area contributed by atoms with Gasteiger partial charge in [0.1, 0.15) is 11.5 Å². The zero-order valence-corrected chi connectivity index (χ0v) is 10.9. The van der Waals surface area contributed by atoms with Gasteiger partial charge in [0.05, 0.1) is 13.2 Å². The molecular formula is C14H22O2. The van der Waals surface area contributed by atoms with Gasteiger partial charge >= 0.3 is 0 Å². The molecule has 0 saturated carbocycles. The first-order valence-corrected chi connectivity index (χ1v) is 5.71. The van der Waals surface area contributed by atoms with Crippen LogP contribution < -0.4 is 9.47 Å². The molecular weight excluding hydrogens is 200 g/mol. The number of methoxy groups -OCH3 is 1. The largest absolute Gasteiger partial charge is 0.497 e. The van der Waals surface area contributed by atoms with Gasteiger partial charge < -0.3 is 9.47 Å². The van der Waals surface area contributed by atoms with Crippen LogP contribution in [0.4, 0.5) is 0 Å². The van der Waals surface area contributed by atoms with Crippen LogP contribution in [-0.2, 0) is 0 Å². The van der Waals surface area contributed by atoms with E-state index in [0.29, 0.717) is 0 Å². The van der Waals surface area contributed by atoms with Crippen molar-refractivity contribution in [2.75, 3.05) is 7.11 Å². The fraction of sp³-hybridized carbons (Fsp3) is 0.571. The van der Waals surface area contributed by atoms with Crippen LogP contribution in [0.5, 0.6) is 11.5 Å². The molecule has 1 aromatic rings. The SMILES string of the molecule is COc1cccc(OC(C)CC(C)(C)C)c1. The Morgan fingerprint density at radius 2 is 1.81 bits per heavy atom. The fourth-order valence-corrected chi connectivity index (χ4v) is 1.81. The summed E-state index contributed by atoms with van der Waals surface area (Å²) in [4.78, 5) is 0. The molecule has 1 unspecified atom stereocenters. The molecule has 90 valence electrons. The number of hydrogen-bond acceptors (Lipinski definition) is 2. The Hall–Kier alpha value is -1.18. The van der Waals surface area contributed by atoms with Crippen molar-refractivity contribution in [1.29, 1.82) is 0 Å². The van der Waals surface area contributed by atoms with Crippen LogP contribution in [0.1, 0.15) is 34.1 Å². The van der Waals surface area contributed by atoms with E-state index in [1.165, 1.54) is 0 Å². The highest BCUT2D eigenvalue weighted by Crippen LogP contribution is 2.25. The van der Waals surface area contributed by atoms with Crippen molar-refractivity contribution in [3.63, 3.8) is 0 Å². The van der Waals surface area contributed by atoms with Gasteiger partial charge in [-0.2, -0.15) is 0 Å². The van der Waals surface area contributed by atoms with Crippen LogP contribution in [0.3, 0.4) is 0 Å². The van der Waals surface area contributed by atoms with E-state index in [-0.39, 0.29) is 11.5 Å². The number of benzene rings is 1. The van der Waals surface area contributed by atoms with Crippen LogP contribution in [0, 0.1) is 5.41 Å². The zero-order chi connectivity index (χ0) is 12.2. The second-order valence-corrected chi connectivity index (χ2v) is 5.37. The molecule has 0 aromatic heterocycles. The van der Waals surface area contributed by atoms with Crippen LogP contribution >= 0.6 is 0 Å². The average molecular weight is 222 g/mol. The van der Waals surface area contributed by atoms with Crippen molar-refractivity contribution in [2.45, 2.75) is 40.2 Å². The summed E-state index contributed by atoms with van der Waals surface area (Å²) >= 11 is 0. The van der Waals surface area contributed by atoms with E-state index in [1.807, 2.05) is 24.3 Å². The first-order chi connectivity index (χ1) is 7.40. The molecule has 0 aliphatic rings. The number of ether oxygens (including phenoxy) is 2. The molecule has 0 spiro atoms. The first kappa shape index (κ1) is 12.9. The molecule has 0 fully saturated rings. The quantitative estimate of drug-likeness (QED) is 0.769. The van der Waals surface area contributed by atoms with Crippen molar-refractivity contribution in [3.05, 3.63) is 24.3 Å². The Kier molecular flexibility index (Phi) is 4.22. The predicted octanol–water partition coefficient (Wildman–Crippen LogP) is 3.90. The third-order valence-electron chi connectivity index (χ3n) is 2.28. The molecule has 0 N–H and O–H groups in total. The summed E-state index contributed by atoms with van der Waals surface area (Å²) < 4.78 is 11.0. The topological polar surface area (TPSA) is 18.5 Å². The molecule has 1 aromatic carbocycles. The lowest BCUT2D eigenvalue weighted by atomic mass is 9.90. The highest BCUT2D eigenvalue weighted by Gasteiger charge is 2.16. The van der Waals surface area contributed by atoms with Crippen molar-refractivity contribution in [1.82, 2.24) is 0 Å². The average Bonchev–Trinajstić information content (AvgIpc) is 2.15. The molecule has 1 rings (SSSR count). The smallest absolute Gasteiger partial charge is 0.123 e. The Labute approximate surface area is 98.6 Å². The van der Waals surface area contributed by atoms with Gasteiger partial charge in [0.2, 0.25) is 0 Å². The Bertz CT molecular complexity index is 326. The molecule has 2 heteroatoms. The summed E-state index contributed by atoms with van der Waals surface area (Å²) in [7, 11) is 1.66. The lowest BCUT2D eigenvalue weighted by molar-refractivity contribution is 0.160. The van der Waals surface area contributed by atoms with Crippen molar-refractivity contribution >= 4 is 0 Å². The second-order valence-electron chi connectivity index (χ2n) is 5.37. The molecule has 0 saturated heterocycles. The third kappa shape index (κ3) is 4.56. The van der Waals surface area contributed by atoms with E-state index >= 15 is 0 Å². The van der Waals surface area contributed by atoms with E-state index in [0.717, 1.165) is 17.9 Å². The van der Waals surface area contributed by atoms with Gasteiger partial charge in [0.25, 0.3) is 0 Å². The summed E-state index contributed by atoms with van der Waals surface area (Å²) in [6.45, 7) is 8.76. The number of hydrogen-bond donors (Lipinski definition) is 0. The maximum absolute atomic E-state index is 5.85. The van der Waals surface area contributed by atoms with Gasteiger partial charge in [-0.3, -0.25) is 0 Å². The van der Waals surface area contributed by atoms with Gasteiger partial charge in [-0.25, -0.2) is 0 Å². The standard InChI is InChI=1S/C14H22O2/c1-11(10-14(2,3)4)16-13-8-6-7-12(9-13)15-5/h6-9,11H,10H2,1-5H3. The minimum absolute atomic E-state index is 0.215. The Morgan fingerprint density at radius 1 is 1.19 bits per heavy atom. The van der Waals surface area contributed by atoms with Gasteiger partial charge in [0.15, 0.2) is 0 Å². The summed E-state index contributed by atoms with van der Waals surface area (Å²) in [6, 6.07) is 7.74. The van der Waals surface area contributed by atoms with E-state index in [2.05, 4.69) is 27.7 Å². The Morgan fingerprint density at radius 3 is 2.38 bits per heavy atom. The minimum Gasteiger partial charge on any atom is -0.497 e. The highest BCUT2D eigenvalue weighted by atomic mass is 16.5. The predicted molar refractivity (Wildman–Crippen MR) is 67.2 cm³/mol. The van der Waals surface area contributed by atoms with Crippen LogP contribution in [0.25, 0.3) is 0 Å². The summed E-state index contributed by atoms with van der Waals surface area (Å²) in [5.74, 6) is 1.71. The maximum atomic E-state index is 5.85. The van der Waals surface area contributed by atoms with Gasteiger partial charge in [-0.1, -0.05) is 26.8 Å². The molecule has 2 nitrogen and oxygen atoms in total. The Balaban J connectivity index is 2.59. The summed E-state index contributed by atoms with van der Waals surface area (Å²) in [5.41, 5.74) is 0.290. The lowest BCUT2D eigenvalue weighted by Crippen LogP contribution is -2.20. The molecule has 0 heterocycles. The molecule has 0 amide bonds.